The standard InChI is InChI=1S/C11H14BrNO/c12-10-4-2-1-3-9(10)11(14)5-8-6-13-7-8/h1-4,8,11,13-14H,5-7H2. The molecular formula is C11H14BrNO. The van der Waals surface area contributed by atoms with Crippen molar-refractivity contribution in [2.24, 2.45) is 5.92 Å². The lowest BCUT2D eigenvalue weighted by Gasteiger charge is -2.29. The zero-order chi connectivity index (χ0) is 9.97. The van der Waals surface area contributed by atoms with Gasteiger partial charge in [-0.1, -0.05) is 34.1 Å². The van der Waals surface area contributed by atoms with E-state index in [1.165, 1.54) is 0 Å². The Morgan fingerprint density at radius 1 is 1.43 bits per heavy atom. The third-order valence-corrected chi connectivity index (χ3v) is 3.41. The van der Waals surface area contributed by atoms with Crippen molar-refractivity contribution in [2.75, 3.05) is 13.1 Å². The van der Waals surface area contributed by atoms with Crippen LogP contribution in [0.5, 0.6) is 0 Å². The molecule has 3 heteroatoms. The van der Waals surface area contributed by atoms with Gasteiger partial charge in [-0.2, -0.15) is 0 Å². The van der Waals surface area contributed by atoms with E-state index in [2.05, 4.69) is 21.2 Å². The first-order valence-electron chi connectivity index (χ1n) is 4.90. The SMILES string of the molecule is OC(CC1CNC1)c1ccccc1Br. The van der Waals surface area contributed by atoms with Crippen LogP contribution in [0.2, 0.25) is 0 Å². The molecule has 1 unspecified atom stereocenters. The lowest BCUT2D eigenvalue weighted by Crippen LogP contribution is -2.42. The van der Waals surface area contributed by atoms with Gasteiger partial charge in [-0.3, -0.25) is 0 Å². The Kier molecular flexibility index (Phi) is 3.21. The maximum atomic E-state index is 9.98. The third kappa shape index (κ3) is 2.16. The summed E-state index contributed by atoms with van der Waals surface area (Å²) in [4.78, 5) is 0. The van der Waals surface area contributed by atoms with Crippen LogP contribution in [-0.2, 0) is 0 Å². The summed E-state index contributed by atoms with van der Waals surface area (Å²) in [7, 11) is 0. The summed E-state index contributed by atoms with van der Waals surface area (Å²) in [6, 6.07) is 7.87. The first-order valence-corrected chi connectivity index (χ1v) is 5.70. The van der Waals surface area contributed by atoms with E-state index in [4.69, 9.17) is 0 Å². The monoisotopic (exact) mass is 255 g/mol. The molecular weight excluding hydrogens is 242 g/mol. The van der Waals surface area contributed by atoms with E-state index in [1.807, 2.05) is 24.3 Å². The number of hydrogen-bond donors (Lipinski definition) is 2. The minimum absolute atomic E-state index is 0.335. The van der Waals surface area contributed by atoms with E-state index in [1.54, 1.807) is 0 Å². The Morgan fingerprint density at radius 3 is 2.71 bits per heavy atom. The molecule has 0 bridgehead atoms. The Morgan fingerprint density at radius 2 is 2.14 bits per heavy atom. The normalized spacial score (nSPS) is 19.0. The largest absolute Gasteiger partial charge is 0.388 e. The Bertz CT molecular complexity index is 312. The van der Waals surface area contributed by atoms with Crippen molar-refractivity contribution in [1.29, 1.82) is 0 Å². The van der Waals surface area contributed by atoms with Crippen LogP contribution in [0.15, 0.2) is 28.7 Å². The van der Waals surface area contributed by atoms with Gasteiger partial charge in [0.1, 0.15) is 0 Å². The van der Waals surface area contributed by atoms with E-state index in [0.717, 1.165) is 29.5 Å². The molecule has 1 saturated heterocycles. The molecule has 0 saturated carbocycles. The number of aliphatic hydroxyl groups is 1. The van der Waals surface area contributed by atoms with Crippen LogP contribution >= 0.6 is 15.9 Å². The fourth-order valence-electron chi connectivity index (χ4n) is 1.70. The van der Waals surface area contributed by atoms with Crippen molar-refractivity contribution < 1.29 is 5.11 Å². The summed E-state index contributed by atoms with van der Waals surface area (Å²) in [5, 5.41) is 13.2. The number of benzene rings is 1. The van der Waals surface area contributed by atoms with Gasteiger partial charge in [-0.15, -0.1) is 0 Å². The van der Waals surface area contributed by atoms with E-state index in [9.17, 15) is 5.11 Å². The highest BCUT2D eigenvalue weighted by Crippen LogP contribution is 2.28. The van der Waals surface area contributed by atoms with Crippen LogP contribution in [0, 0.1) is 5.92 Å². The number of rotatable bonds is 3. The van der Waals surface area contributed by atoms with Crippen molar-refractivity contribution in [3.8, 4) is 0 Å². The van der Waals surface area contributed by atoms with E-state index in [-0.39, 0.29) is 6.10 Å². The summed E-state index contributed by atoms with van der Waals surface area (Å²) in [6.07, 6.45) is 0.521. The summed E-state index contributed by atoms with van der Waals surface area (Å²) >= 11 is 3.45. The summed E-state index contributed by atoms with van der Waals surface area (Å²) < 4.78 is 1.000. The molecule has 1 aromatic carbocycles. The predicted octanol–water partition coefficient (Wildman–Crippen LogP) is 2.09. The number of nitrogens with one attached hydrogen (secondary N) is 1. The Labute approximate surface area is 92.5 Å². The average molecular weight is 256 g/mol. The van der Waals surface area contributed by atoms with Gasteiger partial charge in [-0.05, 0) is 37.1 Å². The van der Waals surface area contributed by atoms with Crippen LogP contribution in [0.4, 0.5) is 0 Å². The molecule has 0 amide bonds. The summed E-state index contributed by atoms with van der Waals surface area (Å²) in [6.45, 7) is 2.09. The van der Waals surface area contributed by atoms with Gasteiger partial charge in [0.2, 0.25) is 0 Å². The Balaban J connectivity index is 2.02. The molecule has 76 valence electrons. The van der Waals surface area contributed by atoms with Gasteiger partial charge in [0.05, 0.1) is 6.10 Å². The quantitative estimate of drug-likeness (QED) is 0.867. The lowest BCUT2D eigenvalue weighted by molar-refractivity contribution is 0.126. The second-order valence-corrected chi connectivity index (χ2v) is 4.65. The molecule has 1 heterocycles. The molecule has 0 spiro atoms. The molecule has 1 atom stereocenters. The van der Waals surface area contributed by atoms with Gasteiger partial charge in [0, 0.05) is 4.47 Å². The average Bonchev–Trinajstić information content (AvgIpc) is 2.12. The minimum Gasteiger partial charge on any atom is -0.388 e. The molecule has 2 nitrogen and oxygen atoms in total. The fraction of sp³-hybridized carbons (Fsp3) is 0.455. The number of hydrogen-bond acceptors (Lipinski definition) is 2. The van der Waals surface area contributed by atoms with Crippen molar-refractivity contribution in [2.45, 2.75) is 12.5 Å². The highest BCUT2D eigenvalue weighted by molar-refractivity contribution is 9.10. The number of aliphatic hydroxyl groups excluding tert-OH is 1. The third-order valence-electron chi connectivity index (χ3n) is 2.69. The van der Waals surface area contributed by atoms with Crippen LogP contribution < -0.4 is 5.32 Å². The van der Waals surface area contributed by atoms with Gasteiger partial charge in [-0.25, -0.2) is 0 Å². The highest BCUT2D eigenvalue weighted by Gasteiger charge is 2.22. The van der Waals surface area contributed by atoms with Gasteiger partial charge < -0.3 is 10.4 Å². The maximum Gasteiger partial charge on any atom is 0.0804 e. The molecule has 0 aliphatic carbocycles. The van der Waals surface area contributed by atoms with Crippen molar-refractivity contribution >= 4 is 15.9 Å². The molecule has 2 N–H and O–H groups in total. The zero-order valence-electron chi connectivity index (χ0n) is 7.91. The fourth-order valence-corrected chi connectivity index (χ4v) is 2.25. The van der Waals surface area contributed by atoms with Gasteiger partial charge in [0.25, 0.3) is 0 Å². The van der Waals surface area contributed by atoms with E-state index < -0.39 is 0 Å². The van der Waals surface area contributed by atoms with Crippen LogP contribution in [0.1, 0.15) is 18.1 Å². The second kappa shape index (κ2) is 4.43. The highest BCUT2D eigenvalue weighted by atomic mass is 79.9. The molecule has 2 rings (SSSR count). The molecule has 1 aliphatic rings. The molecule has 1 fully saturated rings. The van der Waals surface area contributed by atoms with Gasteiger partial charge >= 0.3 is 0 Å². The smallest absolute Gasteiger partial charge is 0.0804 e. The maximum absolute atomic E-state index is 9.98. The van der Waals surface area contributed by atoms with Gasteiger partial charge in [0.15, 0.2) is 0 Å². The molecule has 0 aromatic heterocycles. The number of halogens is 1. The van der Waals surface area contributed by atoms with E-state index >= 15 is 0 Å². The Hall–Kier alpha value is -0.380. The van der Waals surface area contributed by atoms with Crippen molar-refractivity contribution in [1.82, 2.24) is 5.32 Å². The topological polar surface area (TPSA) is 32.3 Å². The molecule has 1 aliphatic heterocycles. The second-order valence-electron chi connectivity index (χ2n) is 3.80. The van der Waals surface area contributed by atoms with Crippen molar-refractivity contribution in [3.63, 3.8) is 0 Å². The first kappa shape index (κ1) is 10.1. The van der Waals surface area contributed by atoms with Crippen molar-refractivity contribution in [3.05, 3.63) is 34.3 Å². The van der Waals surface area contributed by atoms with Crippen LogP contribution in [0.25, 0.3) is 0 Å². The van der Waals surface area contributed by atoms with Crippen LogP contribution in [-0.4, -0.2) is 18.2 Å². The lowest BCUT2D eigenvalue weighted by atomic mass is 9.93. The predicted molar refractivity (Wildman–Crippen MR) is 60.1 cm³/mol. The summed E-state index contributed by atoms with van der Waals surface area (Å²) in [5.74, 6) is 0.636. The molecule has 0 radical (unpaired) electrons. The van der Waals surface area contributed by atoms with Crippen LogP contribution in [0.3, 0.4) is 0 Å². The van der Waals surface area contributed by atoms with E-state index in [0.29, 0.717) is 5.92 Å². The molecule has 14 heavy (non-hydrogen) atoms. The zero-order valence-corrected chi connectivity index (χ0v) is 9.50. The minimum atomic E-state index is -0.335. The summed E-state index contributed by atoms with van der Waals surface area (Å²) in [5.41, 5.74) is 0.999. The first-order chi connectivity index (χ1) is 6.77. The molecule has 1 aromatic rings.